The summed E-state index contributed by atoms with van der Waals surface area (Å²) >= 11 is 0. The number of piperazine rings is 1. The van der Waals surface area contributed by atoms with Crippen molar-refractivity contribution in [2.24, 2.45) is 0 Å². The quantitative estimate of drug-likeness (QED) is 0.627. The van der Waals surface area contributed by atoms with E-state index in [9.17, 15) is 4.79 Å². The van der Waals surface area contributed by atoms with E-state index >= 15 is 0 Å². The topological polar surface area (TPSA) is 49.9 Å². The van der Waals surface area contributed by atoms with Crippen molar-refractivity contribution in [2.75, 3.05) is 37.6 Å². The predicted octanol–water partition coefficient (Wildman–Crippen LogP) is 3.45. The number of furan rings is 1. The van der Waals surface area contributed by atoms with E-state index in [1.165, 1.54) is 16.2 Å². The van der Waals surface area contributed by atoms with Crippen LogP contribution in [0.15, 0.2) is 77.4 Å². The van der Waals surface area contributed by atoms with Crippen LogP contribution in [0.1, 0.15) is 48.5 Å². The van der Waals surface area contributed by atoms with Crippen molar-refractivity contribution in [3.63, 3.8) is 0 Å². The normalized spacial score (nSPS) is 16.0. The van der Waals surface area contributed by atoms with E-state index in [0.29, 0.717) is 12.1 Å². The number of nitrogens with zero attached hydrogens (tertiary/aromatic N) is 1. The van der Waals surface area contributed by atoms with Gasteiger partial charge >= 0.3 is 0 Å². The van der Waals surface area contributed by atoms with E-state index in [2.05, 4.69) is 61.3 Å². The molecule has 0 aliphatic carbocycles. The van der Waals surface area contributed by atoms with Crippen LogP contribution in [0, 0.1) is 0 Å². The zero-order valence-corrected chi connectivity index (χ0v) is 19.3. The maximum Gasteiger partial charge on any atom is 0.251 e. The molecule has 2 heterocycles. The summed E-state index contributed by atoms with van der Waals surface area (Å²) in [5.41, 5.74) is 3.27. The zero-order chi connectivity index (χ0) is 22.6. The van der Waals surface area contributed by atoms with Gasteiger partial charge in [0, 0.05) is 11.3 Å². The van der Waals surface area contributed by atoms with Crippen molar-refractivity contribution in [1.29, 1.82) is 0 Å². The third kappa shape index (κ3) is 5.22. The van der Waals surface area contributed by atoms with Gasteiger partial charge in [-0.15, -0.1) is 0 Å². The summed E-state index contributed by atoms with van der Waals surface area (Å²) in [4.78, 5) is 16.7. The van der Waals surface area contributed by atoms with Gasteiger partial charge in [0.1, 0.15) is 0 Å². The highest BCUT2D eigenvalue weighted by molar-refractivity contribution is 5.94. The second kappa shape index (κ2) is 9.61. The van der Waals surface area contributed by atoms with E-state index in [1.54, 1.807) is 6.26 Å². The first kappa shape index (κ1) is 22.2. The second-order valence-corrected chi connectivity index (χ2v) is 9.59. The lowest BCUT2D eigenvalue weighted by Gasteiger charge is -2.37. The molecule has 2 aromatic carbocycles. The van der Waals surface area contributed by atoms with Crippen molar-refractivity contribution in [3.8, 4) is 0 Å². The number of quaternary nitrogens is 1. The maximum absolute atomic E-state index is 12.8. The third-order valence-electron chi connectivity index (χ3n) is 6.39. The molecular weight excluding hydrogens is 398 g/mol. The lowest BCUT2D eigenvalue weighted by atomic mass is 9.87. The average molecular weight is 433 g/mol. The highest BCUT2D eigenvalue weighted by Crippen LogP contribution is 2.22. The number of rotatable bonds is 6. The molecule has 1 amide bonds. The summed E-state index contributed by atoms with van der Waals surface area (Å²) in [5.74, 6) is 0.890. The zero-order valence-electron chi connectivity index (χ0n) is 19.3. The molecule has 0 unspecified atom stereocenters. The molecule has 2 N–H and O–H groups in total. The molecule has 0 bridgehead atoms. The largest absolute Gasteiger partial charge is 0.463 e. The molecule has 1 aromatic heterocycles. The maximum atomic E-state index is 12.8. The van der Waals surface area contributed by atoms with Gasteiger partial charge in [0.2, 0.25) is 0 Å². The molecule has 32 heavy (non-hydrogen) atoms. The Balaban J connectivity index is 1.39. The minimum absolute atomic E-state index is 0.0377. The van der Waals surface area contributed by atoms with Gasteiger partial charge in [0.25, 0.3) is 5.91 Å². The minimum atomic E-state index is -0.0377. The molecule has 4 rings (SSSR count). The Hall–Kier alpha value is -3.05. The Morgan fingerprint density at radius 3 is 2.28 bits per heavy atom. The summed E-state index contributed by atoms with van der Waals surface area (Å²) in [6, 6.07) is 22.5. The Morgan fingerprint density at radius 1 is 1.00 bits per heavy atom. The van der Waals surface area contributed by atoms with Crippen molar-refractivity contribution in [1.82, 2.24) is 5.32 Å². The molecule has 3 aromatic rings. The molecule has 0 spiro atoms. The number of carbonyl (C=O) groups is 1. The van der Waals surface area contributed by atoms with Crippen LogP contribution < -0.4 is 15.1 Å². The first-order valence-electron chi connectivity index (χ1n) is 11.5. The Labute approximate surface area is 191 Å². The fraction of sp³-hybridized carbons (Fsp3) is 0.370. The number of anilines is 1. The van der Waals surface area contributed by atoms with Gasteiger partial charge in [0.05, 0.1) is 39.0 Å². The van der Waals surface area contributed by atoms with Crippen LogP contribution in [0.2, 0.25) is 0 Å². The summed E-state index contributed by atoms with van der Waals surface area (Å²) in [6.07, 6.45) is 1.72. The lowest BCUT2D eigenvalue weighted by molar-refractivity contribution is -0.932. The number of benzene rings is 2. The summed E-state index contributed by atoms with van der Waals surface area (Å²) in [7, 11) is 0. The van der Waals surface area contributed by atoms with E-state index in [1.807, 2.05) is 36.4 Å². The second-order valence-electron chi connectivity index (χ2n) is 9.59. The monoisotopic (exact) mass is 432 g/mol. The van der Waals surface area contributed by atoms with Crippen LogP contribution in [-0.4, -0.2) is 38.6 Å². The number of hydrogen-bond acceptors (Lipinski definition) is 3. The van der Waals surface area contributed by atoms with E-state index < -0.39 is 0 Å². The van der Waals surface area contributed by atoms with Gasteiger partial charge in [-0.3, -0.25) is 4.79 Å². The van der Waals surface area contributed by atoms with E-state index in [-0.39, 0.29) is 17.4 Å². The first-order valence-corrected chi connectivity index (χ1v) is 11.5. The number of para-hydroxylation sites is 1. The fourth-order valence-corrected chi connectivity index (χ4v) is 4.39. The van der Waals surface area contributed by atoms with Crippen LogP contribution in [0.5, 0.6) is 0 Å². The van der Waals surface area contributed by atoms with Crippen LogP contribution >= 0.6 is 0 Å². The molecule has 5 heteroatoms. The Morgan fingerprint density at radius 2 is 1.69 bits per heavy atom. The number of carbonyl (C=O) groups excluding carboxylic acids is 1. The summed E-state index contributed by atoms with van der Waals surface area (Å²) in [5, 5.41) is 3.15. The van der Waals surface area contributed by atoms with Gasteiger partial charge in [-0.05, 0) is 47.4 Å². The number of hydrogen-bond donors (Lipinski definition) is 2. The van der Waals surface area contributed by atoms with Gasteiger partial charge in [-0.1, -0.05) is 51.1 Å². The SMILES string of the molecule is CC(C)(C)c1ccc(C(=O)NC[C@H](c2ccco2)[NH+]2CCN(c3ccccc3)CC2)cc1. The standard InChI is InChI=1S/C27H33N3O2/c1-27(2,3)22-13-11-21(12-14-22)26(31)28-20-24(25-10-7-19-32-25)30-17-15-29(16-18-30)23-8-5-4-6-9-23/h4-14,19,24H,15-18,20H2,1-3H3,(H,28,31)/p+1/t24-/m1/s1. The average Bonchev–Trinajstić information content (AvgIpc) is 3.34. The first-order chi connectivity index (χ1) is 15.4. The Kier molecular flexibility index (Phi) is 6.66. The van der Waals surface area contributed by atoms with Crippen LogP contribution in [0.25, 0.3) is 0 Å². The summed E-state index contributed by atoms with van der Waals surface area (Å²) in [6.45, 7) is 11.0. The highest BCUT2D eigenvalue weighted by atomic mass is 16.3. The Bertz CT molecular complexity index is 984. The molecule has 1 fully saturated rings. The van der Waals surface area contributed by atoms with Crippen molar-refractivity contribution >= 4 is 11.6 Å². The van der Waals surface area contributed by atoms with Crippen molar-refractivity contribution in [3.05, 3.63) is 89.9 Å². The van der Waals surface area contributed by atoms with Gasteiger partial charge in [-0.2, -0.15) is 0 Å². The number of nitrogens with one attached hydrogen (secondary N) is 2. The van der Waals surface area contributed by atoms with E-state index in [0.717, 1.165) is 31.9 Å². The van der Waals surface area contributed by atoms with E-state index in [4.69, 9.17) is 4.42 Å². The van der Waals surface area contributed by atoms with Gasteiger partial charge in [0.15, 0.2) is 11.8 Å². The van der Waals surface area contributed by atoms with Crippen LogP contribution in [-0.2, 0) is 5.41 Å². The summed E-state index contributed by atoms with van der Waals surface area (Å²) < 4.78 is 5.77. The molecule has 1 aliphatic heterocycles. The van der Waals surface area contributed by atoms with Crippen molar-refractivity contribution < 1.29 is 14.1 Å². The molecule has 0 saturated carbocycles. The van der Waals surface area contributed by atoms with Gasteiger partial charge in [-0.25, -0.2) is 0 Å². The predicted molar refractivity (Wildman–Crippen MR) is 128 cm³/mol. The van der Waals surface area contributed by atoms with Crippen LogP contribution in [0.3, 0.4) is 0 Å². The molecule has 5 nitrogen and oxygen atoms in total. The van der Waals surface area contributed by atoms with Crippen LogP contribution in [0.4, 0.5) is 5.69 Å². The molecular formula is C27H34N3O2+. The smallest absolute Gasteiger partial charge is 0.251 e. The molecule has 0 radical (unpaired) electrons. The fourth-order valence-electron chi connectivity index (χ4n) is 4.39. The molecule has 1 aliphatic rings. The van der Waals surface area contributed by atoms with Gasteiger partial charge < -0.3 is 19.5 Å². The molecule has 1 atom stereocenters. The molecule has 1 saturated heterocycles. The van der Waals surface area contributed by atoms with Crippen molar-refractivity contribution in [2.45, 2.75) is 32.2 Å². The third-order valence-corrected chi connectivity index (χ3v) is 6.39. The lowest BCUT2D eigenvalue weighted by Crippen LogP contribution is -3.15. The molecule has 168 valence electrons. The highest BCUT2D eigenvalue weighted by Gasteiger charge is 2.31. The minimum Gasteiger partial charge on any atom is -0.463 e. The number of amides is 1.